The predicted molar refractivity (Wildman–Crippen MR) is 88.9 cm³/mol. The quantitative estimate of drug-likeness (QED) is 0.790. The zero-order valence-corrected chi connectivity index (χ0v) is 13.2. The SMILES string of the molecule is CCSCc1ccc(CN2C(=O)c3ccccc3C2=O)cc1. The number of hydrogen-bond acceptors (Lipinski definition) is 3. The fraction of sp³-hybridized carbons (Fsp3) is 0.222. The molecule has 0 spiro atoms. The zero-order valence-electron chi connectivity index (χ0n) is 12.4. The lowest BCUT2D eigenvalue weighted by molar-refractivity contribution is 0.0642. The van der Waals surface area contributed by atoms with Crippen molar-refractivity contribution < 1.29 is 9.59 Å². The van der Waals surface area contributed by atoms with Crippen molar-refractivity contribution in [2.24, 2.45) is 0 Å². The van der Waals surface area contributed by atoms with Crippen LogP contribution >= 0.6 is 11.8 Å². The predicted octanol–water partition coefficient (Wildman–Crippen LogP) is 3.74. The van der Waals surface area contributed by atoms with Crippen molar-refractivity contribution >= 4 is 23.6 Å². The summed E-state index contributed by atoms with van der Waals surface area (Å²) in [4.78, 5) is 26.0. The highest BCUT2D eigenvalue weighted by Gasteiger charge is 2.34. The van der Waals surface area contributed by atoms with Crippen LogP contribution < -0.4 is 0 Å². The van der Waals surface area contributed by atoms with Crippen molar-refractivity contribution in [2.75, 3.05) is 5.75 Å². The maximum Gasteiger partial charge on any atom is 0.261 e. The molecular weight excluding hydrogens is 294 g/mol. The first-order chi connectivity index (χ1) is 10.7. The van der Waals surface area contributed by atoms with E-state index in [9.17, 15) is 9.59 Å². The molecule has 0 N–H and O–H groups in total. The molecule has 0 bridgehead atoms. The number of carbonyl (C=O) groups excluding carboxylic acids is 2. The van der Waals surface area contributed by atoms with Crippen LogP contribution in [0.2, 0.25) is 0 Å². The molecular formula is C18H17NO2S. The molecule has 0 aromatic heterocycles. The Kier molecular flexibility index (Phi) is 4.29. The molecule has 22 heavy (non-hydrogen) atoms. The Morgan fingerprint density at radius 3 is 1.95 bits per heavy atom. The normalized spacial score (nSPS) is 13.6. The number of thioether (sulfide) groups is 1. The second-order valence-corrected chi connectivity index (χ2v) is 6.47. The summed E-state index contributed by atoms with van der Waals surface area (Å²) >= 11 is 1.87. The van der Waals surface area contributed by atoms with Crippen LogP contribution in [0, 0.1) is 0 Å². The number of rotatable bonds is 5. The molecule has 0 fully saturated rings. The molecule has 0 saturated heterocycles. The molecule has 112 valence electrons. The summed E-state index contributed by atoms with van der Waals surface area (Å²) < 4.78 is 0. The summed E-state index contributed by atoms with van der Waals surface area (Å²) in [5.74, 6) is 1.68. The lowest BCUT2D eigenvalue weighted by Gasteiger charge is -2.14. The van der Waals surface area contributed by atoms with Gasteiger partial charge in [-0.25, -0.2) is 0 Å². The molecule has 0 radical (unpaired) electrons. The molecule has 4 heteroatoms. The van der Waals surface area contributed by atoms with Crippen LogP contribution in [0.3, 0.4) is 0 Å². The van der Waals surface area contributed by atoms with Crippen LogP contribution in [-0.2, 0) is 12.3 Å². The van der Waals surface area contributed by atoms with E-state index in [0.717, 1.165) is 17.1 Å². The van der Waals surface area contributed by atoms with Gasteiger partial charge in [-0.1, -0.05) is 43.3 Å². The van der Waals surface area contributed by atoms with Crippen molar-refractivity contribution in [1.29, 1.82) is 0 Å². The number of fused-ring (bicyclic) bond motifs is 1. The zero-order chi connectivity index (χ0) is 15.5. The van der Waals surface area contributed by atoms with Crippen LogP contribution in [0.1, 0.15) is 38.8 Å². The Labute approximate surface area is 134 Å². The van der Waals surface area contributed by atoms with Crippen LogP contribution in [0.15, 0.2) is 48.5 Å². The van der Waals surface area contributed by atoms with Crippen molar-refractivity contribution in [3.8, 4) is 0 Å². The first kappa shape index (κ1) is 14.9. The Balaban J connectivity index is 1.74. The summed E-state index contributed by atoms with van der Waals surface area (Å²) in [6, 6.07) is 15.1. The van der Waals surface area contributed by atoms with Gasteiger partial charge in [0.05, 0.1) is 17.7 Å². The second kappa shape index (κ2) is 6.36. The standard InChI is InChI=1S/C18H17NO2S/c1-2-22-12-14-9-7-13(8-10-14)11-19-17(20)15-5-3-4-6-16(15)18(19)21/h3-10H,2,11-12H2,1H3. The minimum absolute atomic E-state index is 0.203. The summed E-state index contributed by atoms with van der Waals surface area (Å²) in [5.41, 5.74) is 3.24. The molecule has 0 aliphatic carbocycles. The van der Waals surface area contributed by atoms with Crippen LogP contribution in [0.5, 0.6) is 0 Å². The van der Waals surface area contributed by atoms with E-state index in [1.807, 2.05) is 23.9 Å². The lowest BCUT2D eigenvalue weighted by atomic mass is 10.1. The number of benzene rings is 2. The van der Waals surface area contributed by atoms with Crippen LogP contribution in [0.25, 0.3) is 0 Å². The van der Waals surface area contributed by atoms with E-state index >= 15 is 0 Å². The monoisotopic (exact) mass is 311 g/mol. The molecule has 0 unspecified atom stereocenters. The Hall–Kier alpha value is -2.07. The number of carbonyl (C=O) groups is 2. The van der Waals surface area contributed by atoms with Crippen molar-refractivity contribution in [3.63, 3.8) is 0 Å². The Bertz CT molecular complexity index is 674. The maximum atomic E-state index is 12.3. The molecule has 3 nitrogen and oxygen atoms in total. The fourth-order valence-corrected chi connectivity index (χ4v) is 3.16. The summed E-state index contributed by atoms with van der Waals surface area (Å²) in [7, 11) is 0. The third-order valence-corrected chi connectivity index (χ3v) is 4.66. The van der Waals surface area contributed by atoms with Crippen molar-refractivity contribution in [1.82, 2.24) is 4.90 Å². The molecule has 2 aromatic rings. The number of nitrogens with zero attached hydrogens (tertiary/aromatic N) is 1. The summed E-state index contributed by atoms with van der Waals surface area (Å²) in [6.45, 7) is 2.47. The van der Waals surface area contributed by atoms with Gasteiger partial charge in [-0.15, -0.1) is 0 Å². The highest BCUT2D eigenvalue weighted by Crippen LogP contribution is 2.24. The highest BCUT2D eigenvalue weighted by atomic mass is 32.2. The van der Waals surface area contributed by atoms with Crippen LogP contribution in [0.4, 0.5) is 0 Å². The summed E-state index contributed by atoms with van der Waals surface area (Å²) in [5, 5.41) is 0. The van der Waals surface area contributed by atoms with Gasteiger partial charge in [0.25, 0.3) is 11.8 Å². The molecule has 0 saturated carbocycles. The van der Waals surface area contributed by atoms with Gasteiger partial charge in [0, 0.05) is 5.75 Å². The number of imide groups is 1. The van der Waals surface area contributed by atoms with Gasteiger partial charge >= 0.3 is 0 Å². The van der Waals surface area contributed by atoms with E-state index in [4.69, 9.17) is 0 Å². The molecule has 1 aliphatic rings. The highest BCUT2D eigenvalue weighted by molar-refractivity contribution is 7.98. The smallest absolute Gasteiger partial charge is 0.261 e. The minimum Gasteiger partial charge on any atom is -0.270 e. The van der Waals surface area contributed by atoms with Gasteiger partial charge in [-0.05, 0) is 29.0 Å². The van der Waals surface area contributed by atoms with Gasteiger partial charge < -0.3 is 0 Å². The number of hydrogen-bond donors (Lipinski definition) is 0. The Morgan fingerprint density at radius 1 is 0.864 bits per heavy atom. The molecule has 0 atom stereocenters. The van der Waals surface area contributed by atoms with Gasteiger partial charge in [0.15, 0.2) is 0 Å². The van der Waals surface area contributed by atoms with Crippen molar-refractivity contribution in [3.05, 3.63) is 70.8 Å². The van der Waals surface area contributed by atoms with Crippen LogP contribution in [-0.4, -0.2) is 22.5 Å². The Morgan fingerprint density at radius 2 is 1.41 bits per heavy atom. The molecule has 3 rings (SSSR count). The average Bonchev–Trinajstić information content (AvgIpc) is 2.80. The van der Waals surface area contributed by atoms with Crippen molar-refractivity contribution in [2.45, 2.75) is 19.2 Å². The van der Waals surface area contributed by atoms with Gasteiger partial charge in [-0.3, -0.25) is 14.5 Å². The van der Waals surface area contributed by atoms with Gasteiger partial charge in [0.2, 0.25) is 0 Å². The van der Waals surface area contributed by atoms with E-state index in [2.05, 4.69) is 19.1 Å². The minimum atomic E-state index is -0.203. The molecule has 2 amide bonds. The molecule has 1 heterocycles. The van der Waals surface area contributed by atoms with E-state index in [1.54, 1.807) is 24.3 Å². The molecule has 2 aromatic carbocycles. The van der Waals surface area contributed by atoms with Gasteiger partial charge in [-0.2, -0.15) is 11.8 Å². The fourth-order valence-electron chi connectivity index (χ4n) is 2.53. The lowest BCUT2D eigenvalue weighted by Crippen LogP contribution is -2.29. The largest absolute Gasteiger partial charge is 0.270 e. The maximum absolute atomic E-state index is 12.3. The topological polar surface area (TPSA) is 37.4 Å². The van der Waals surface area contributed by atoms with E-state index in [-0.39, 0.29) is 11.8 Å². The van der Waals surface area contributed by atoms with E-state index < -0.39 is 0 Å². The second-order valence-electron chi connectivity index (χ2n) is 5.20. The third kappa shape index (κ3) is 2.79. The van der Waals surface area contributed by atoms with Gasteiger partial charge in [0.1, 0.15) is 0 Å². The summed E-state index contributed by atoms with van der Waals surface area (Å²) in [6.07, 6.45) is 0. The van der Waals surface area contributed by atoms with E-state index in [1.165, 1.54) is 10.5 Å². The molecule has 1 aliphatic heterocycles. The first-order valence-electron chi connectivity index (χ1n) is 7.31. The number of amides is 2. The third-order valence-electron chi connectivity index (χ3n) is 3.71. The van der Waals surface area contributed by atoms with E-state index in [0.29, 0.717) is 17.7 Å². The first-order valence-corrected chi connectivity index (χ1v) is 8.47. The average molecular weight is 311 g/mol.